The Kier molecular flexibility index (Phi) is 4.48. The molecule has 1 saturated heterocycles. The lowest BCUT2D eigenvalue weighted by Crippen LogP contribution is -2.63. The van der Waals surface area contributed by atoms with Crippen LogP contribution < -0.4 is 5.32 Å². The highest BCUT2D eigenvalue weighted by Crippen LogP contribution is 2.21. The van der Waals surface area contributed by atoms with Crippen LogP contribution in [0.4, 0.5) is 0 Å². The van der Waals surface area contributed by atoms with Crippen molar-refractivity contribution in [3.8, 4) is 0 Å². The van der Waals surface area contributed by atoms with Crippen LogP contribution in [0, 0.1) is 5.92 Å². The molecule has 1 aromatic carbocycles. The molecule has 2 atom stereocenters. The molecule has 0 saturated carbocycles. The van der Waals surface area contributed by atoms with Crippen LogP contribution in [0.3, 0.4) is 0 Å². The Balaban J connectivity index is 2.28. The molecule has 0 aromatic heterocycles. The summed E-state index contributed by atoms with van der Waals surface area (Å²) in [5.74, 6) is -0.0102. The van der Waals surface area contributed by atoms with Crippen molar-refractivity contribution >= 4 is 27.7 Å². The van der Waals surface area contributed by atoms with Gasteiger partial charge in [0.2, 0.25) is 11.8 Å². The van der Waals surface area contributed by atoms with Gasteiger partial charge >= 0.3 is 0 Å². The molecule has 108 valence electrons. The van der Waals surface area contributed by atoms with E-state index in [0.29, 0.717) is 6.54 Å². The summed E-state index contributed by atoms with van der Waals surface area (Å²) in [5, 5.41) is 2.75. The van der Waals surface area contributed by atoms with Crippen molar-refractivity contribution in [2.24, 2.45) is 5.92 Å². The van der Waals surface area contributed by atoms with Gasteiger partial charge < -0.3 is 10.2 Å². The first-order valence-corrected chi connectivity index (χ1v) is 7.54. The number of nitrogens with zero attached hydrogens (tertiary/aromatic N) is 1. The van der Waals surface area contributed by atoms with Crippen molar-refractivity contribution in [1.29, 1.82) is 0 Å². The zero-order valence-corrected chi connectivity index (χ0v) is 13.5. The molecule has 2 amide bonds. The highest BCUT2D eigenvalue weighted by atomic mass is 79.9. The van der Waals surface area contributed by atoms with Crippen LogP contribution in [0.1, 0.15) is 26.3 Å². The van der Waals surface area contributed by atoms with Gasteiger partial charge in [0.25, 0.3) is 0 Å². The molecule has 0 radical (unpaired) electrons. The Morgan fingerprint density at radius 1 is 1.35 bits per heavy atom. The minimum absolute atomic E-state index is 0.0247. The smallest absolute Gasteiger partial charge is 0.245 e. The third kappa shape index (κ3) is 3.03. The summed E-state index contributed by atoms with van der Waals surface area (Å²) in [6.07, 6.45) is 0. The number of halogens is 1. The normalized spacial score (nSPS) is 23.1. The fraction of sp³-hybridized carbons (Fsp3) is 0.467. The maximum absolute atomic E-state index is 12.4. The van der Waals surface area contributed by atoms with Crippen molar-refractivity contribution in [1.82, 2.24) is 10.2 Å². The zero-order chi connectivity index (χ0) is 14.9. The number of nitrogens with one attached hydrogen (secondary N) is 1. The van der Waals surface area contributed by atoms with Gasteiger partial charge in [0, 0.05) is 11.0 Å². The molecule has 1 heterocycles. The monoisotopic (exact) mass is 338 g/mol. The fourth-order valence-corrected chi connectivity index (χ4v) is 3.01. The first-order valence-electron chi connectivity index (χ1n) is 6.75. The van der Waals surface area contributed by atoms with Gasteiger partial charge in [-0.2, -0.15) is 0 Å². The van der Waals surface area contributed by atoms with E-state index < -0.39 is 12.1 Å². The SMILES string of the molecule is CC1NC(=O)C(C(C)C)N(Cc2cccc(Br)c2)C1=O. The van der Waals surface area contributed by atoms with E-state index in [1.54, 1.807) is 11.8 Å². The average Bonchev–Trinajstić information content (AvgIpc) is 2.35. The highest BCUT2D eigenvalue weighted by molar-refractivity contribution is 9.10. The standard InChI is InChI=1S/C15H19BrN2O2/c1-9(2)13-14(19)17-10(3)15(20)18(13)8-11-5-4-6-12(16)7-11/h4-7,9-10,13H,8H2,1-3H3,(H,17,19). The number of hydrogen-bond donors (Lipinski definition) is 1. The van der Waals surface area contributed by atoms with E-state index in [2.05, 4.69) is 21.2 Å². The fourth-order valence-electron chi connectivity index (χ4n) is 2.56. The average molecular weight is 339 g/mol. The largest absolute Gasteiger partial charge is 0.343 e. The van der Waals surface area contributed by atoms with Crippen molar-refractivity contribution in [2.45, 2.75) is 39.4 Å². The molecule has 5 heteroatoms. The first kappa shape index (κ1) is 15.0. The Hall–Kier alpha value is -1.36. The topological polar surface area (TPSA) is 49.4 Å². The summed E-state index contributed by atoms with van der Waals surface area (Å²) in [7, 11) is 0. The molecule has 2 unspecified atom stereocenters. The van der Waals surface area contributed by atoms with E-state index in [4.69, 9.17) is 0 Å². The summed E-state index contributed by atoms with van der Waals surface area (Å²) < 4.78 is 0.970. The predicted octanol–water partition coefficient (Wildman–Crippen LogP) is 2.32. The number of hydrogen-bond acceptors (Lipinski definition) is 2. The second-order valence-corrected chi connectivity index (χ2v) is 6.43. The molecule has 1 fully saturated rings. The number of piperazine rings is 1. The summed E-state index contributed by atoms with van der Waals surface area (Å²) in [5.41, 5.74) is 1.01. The molecule has 0 bridgehead atoms. The minimum Gasteiger partial charge on any atom is -0.343 e. The molecule has 1 aromatic rings. The lowest BCUT2D eigenvalue weighted by Gasteiger charge is -2.40. The first-order chi connectivity index (χ1) is 9.40. The summed E-state index contributed by atoms with van der Waals surface area (Å²) in [6.45, 7) is 6.10. The van der Waals surface area contributed by atoms with E-state index in [1.807, 2.05) is 38.1 Å². The van der Waals surface area contributed by atoms with E-state index in [1.165, 1.54) is 0 Å². The second-order valence-electron chi connectivity index (χ2n) is 5.52. The highest BCUT2D eigenvalue weighted by Gasteiger charge is 2.39. The molecule has 2 rings (SSSR count). The number of carbonyl (C=O) groups is 2. The zero-order valence-electron chi connectivity index (χ0n) is 11.9. The summed E-state index contributed by atoms with van der Waals surface area (Å²) in [4.78, 5) is 26.2. The molecular formula is C15H19BrN2O2. The molecule has 20 heavy (non-hydrogen) atoms. The summed E-state index contributed by atoms with van der Waals surface area (Å²) in [6, 6.07) is 6.95. The molecule has 1 aliphatic heterocycles. The number of benzene rings is 1. The van der Waals surface area contributed by atoms with E-state index in [-0.39, 0.29) is 17.7 Å². The van der Waals surface area contributed by atoms with Crippen LogP contribution in [-0.4, -0.2) is 28.8 Å². The Labute approximate surface area is 127 Å². The van der Waals surface area contributed by atoms with Gasteiger partial charge in [-0.1, -0.05) is 41.9 Å². The van der Waals surface area contributed by atoms with Gasteiger partial charge in [0.1, 0.15) is 12.1 Å². The second kappa shape index (κ2) is 5.95. The molecule has 0 spiro atoms. The molecule has 1 N–H and O–H groups in total. The lowest BCUT2D eigenvalue weighted by molar-refractivity contribution is -0.151. The minimum atomic E-state index is -0.454. The van der Waals surface area contributed by atoms with Crippen LogP contribution in [-0.2, 0) is 16.1 Å². The van der Waals surface area contributed by atoms with Crippen molar-refractivity contribution in [3.05, 3.63) is 34.3 Å². The van der Waals surface area contributed by atoms with E-state index in [9.17, 15) is 9.59 Å². The van der Waals surface area contributed by atoms with Gasteiger partial charge in [-0.25, -0.2) is 0 Å². The van der Waals surface area contributed by atoms with Crippen LogP contribution >= 0.6 is 15.9 Å². The third-order valence-corrected chi connectivity index (χ3v) is 3.98. The Bertz CT molecular complexity index is 530. The van der Waals surface area contributed by atoms with Crippen molar-refractivity contribution < 1.29 is 9.59 Å². The maximum atomic E-state index is 12.4. The Morgan fingerprint density at radius 2 is 2.05 bits per heavy atom. The van der Waals surface area contributed by atoms with Crippen LogP contribution in [0.2, 0.25) is 0 Å². The maximum Gasteiger partial charge on any atom is 0.245 e. The van der Waals surface area contributed by atoms with Crippen LogP contribution in [0.25, 0.3) is 0 Å². The lowest BCUT2D eigenvalue weighted by atomic mass is 9.96. The number of carbonyl (C=O) groups excluding carboxylic acids is 2. The van der Waals surface area contributed by atoms with Gasteiger partial charge in [-0.15, -0.1) is 0 Å². The number of amides is 2. The van der Waals surface area contributed by atoms with Gasteiger partial charge in [0.05, 0.1) is 0 Å². The Morgan fingerprint density at radius 3 is 2.65 bits per heavy atom. The molecule has 4 nitrogen and oxygen atoms in total. The van der Waals surface area contributed by atoms with Gasteiger partial charge in [-0.05, 0) is 30.5 Å². The van der Waals surface area contributed by atoms with Crippen molar-refractivity contribution in [3.63, 3.8) is 0 Å². The van der Waals surface area contributed by atoms with Crippen LogP contribution in [0.15, 0.2) is 28.7 Å². The summed E-state index contributed by atoms with van der Waals surface area (Å²) >= 11 is 3.43. The molecule has 1 aliphatic rings. The van der Waals surface area contributed by atoms with Crippen LogP contribution in [0.5, 0.6) is 0 Å². The third-order valence-electron chi connectivity index (χ3n) is 3.49. The quantitative estimate of drug-likeness (QED) is 0.919. The van der Waals surface area contributed by atoms with Crippen molar-refractivity contribution in [2.75, 3.05) is 0 Å². The number of rotatable bonds is 3. The van der Waals surface area contributed by atoms with Gasteiger partial charge in [-0.3, -0.25) is 9.59 Å². The van der Waals surface area contributed by atoms with Gasteiger partial charge in [0.15, 0.2) is 0 Å². The molecular weight excluding hydrogens is 320 g/mol. The van der Waals surface area contributed by atoms with E-state index in [0.717, 1.165) is 10.0 Å². The van der Waals surface area contributed by atoms with E-state index >= 15 is 0 Å². The molecule has 0 aliphatic carbocycles. The predicted molar refractivity (Wildman–Crippen MR) is 80.9 cm³/mol.